The van der Waals surface area contributed by atoms with Crippen LogP contribution in [0.15, 0.2) is 35.3 Å². The van der Waals surface area contributed by atoms with Gasteiger partial charge in [0.25, 0.3) is 17.3 Å². The summed E-state index contributed by atoms with van der Waals surface area (Å²) in [5.74, 6) is -0.768. The summed E-state index contributed by atoms with van der Waals surface area (Å²) in [6.45, 7) is 6.44. The highest BCUT2D eigenvalue weighted by Crippen LogP contribution is 2.26. The lowest BCUT2D eigenvalue weighted by molar-refractivity contribution is -0.394. The molecular weight excluding hydrogens is 384 g/mol. The Hall–Kier alpha value is -3.40. The van der Waals surface area contributed by atoms with Crippen molar-refractivity contribution in [2.45, 2.75) is 27.3 Å². The fraction of sp³-hybridized carbons (Fsp3) is 0.222. The largest absolute Gasteiger partial charge is 0.316 e. The number of benzene rings is 2. The molecule has 0 fully saturated rings. The van der Waals surface area contributed by atoms with Gasteiger partial charge in [0.1, 0.15) is 0 Å². The topological polar surface area (TPSA) is 121 Å². The van der Waals surface area contributed by atoms with E-state index in [2.05, 4.69) is 4.99 Å². The van der Waals surface area contributed by atoms with Crippen LogP contribution < -0.4 is 4.80 Å². The summed E-state index contributed by atoms with van der Waals surface area (Å²) in [5.41, 5.74) is 1.81. The van der Waals surface area contributed by atoms with E-state index in [1.165, 1.54) is 11.3 Å². The number of carbonyl (C=O) groups excluding carboxylic acids is 1. The normalized spacial score (nSPS) is 11.8. The van der Waals surface area contributed by atoms with E-state index in [-0.39, 0.29) is 5.56 Å². The van der Waals surface area contributed by atoms with E-state index in [9.17, 15) is 25.0 Å². The fourth-order valence-corrected chi connectivity index (χ4v) is 4.17. The third-order valence-electron chi connectivity index (χ3n) is 4.31. The van der Waals surface area contributed by atoms with Gasteiger partial charge < -0.3 is 4.57 Å². The monoisotopic (exact) mass is 400 g/mol. The van der Waals surface area contributed by atoms with Gasteiger partial charge in [-0.1, -0.05) is 23.5 Å². The summed E-state index contributed by atoms with van der Waals surface area (Å²) < 4.78 is 2.89. The number of nitro groups is 2. The molecular formula is C18H16N4O5S. The number of rotatable bonds is 4. The summed E-state index contributed by atoms with van der Waals surface area (Å²) in [6, 6.07) is 6.79. The van der Waals surface area contributed by atoms with Gasteiger partial charge in [-0.25, -0.2) is 0 Å². The zero-order chi connectivity index (χ0) is 20.6. The van der Waals surface area contributed by atoms with E-state index in [0.29, 0.717) is 11.3 Å². The molecule has 0 aliphatic heterocycles. The number of carbonyl (C=O) groups is 1. The van der Waals surface area contributed by atoms with Crippen LogP contribution >= 0.6 is 11.3 Å². The molecule has 0 saturated heterocycles. The van der Waals surface area contributed by atoms with E-state index in [0.717, 1.165) is 39.5 Å². The summed E-state index contributed by atoms with van der Waals surface area (Å²) >= 11 is 1.34. The summed E-state index contributed by atoms with van der Waals surface area (Å²) in [6.07, 6.45) is 0. The van der Waals surface area contributed by atoms with E-state index in [4.69, 9.17) is 0 Å². The van der Waals surface area contributed by atoms with Gasteiger partial charge >= 0.3 is 0 Å². The molecule has 0 atom stereocenters. The average molecular weight is 400 g/mol. The van der Waals surface area contributed by atoms with Crippen molar-refractivity contribution >= 4 is 38.8 Å². The van der Waals surface area contributed by atoms with Gasteiger partial charge in [-0.2, -0.15) is 4.99 Å². The second-order valence-corrected chi connectivity index (χ2v) is 7.15. The second kappa shape index (κ2) is 7.31. The molecule has 3 aromatic rings. The number of hydrogen-bond donors (Lipinski definition) is 0. The quantitative estimate of drug-likeness (QED) is 0.486. The Balaban J connectivity index is 2.21. The van der Waals surface area contributed by atoms with Crippen molar-refractivity contribution in [3.8, 4) is 0 Å². The first-order valence-electron chi connectivity index (χ1n) is 8.35. The molecule has 0 aliphatic carbocycles. The Kier molecular flexibility index (Phi) is 5.06. The van der Waals surface area contributed by atoms with Crippen molar-refractivity contribution in [1.29, 1.82) is 0 Å². The number of hydrogen-bond acceptors (Lipinski definition) is 6. The maximum absolute atomic E-state index is 12.7. The van der Waals surface area contributed by atoms with Crippen molar-refractivity contribution in [1.82, 2.24) is 4.57 Å². The lowest BCUT2D eigenvalue weighted by Gasteiger charge is -2.04. The molecule has 28 heavy (non-hydrogen) atoms. The predicted octanol–water partition coefficient (Wildman–Crippen LogP) is 3.90. The van der Waals surface area contributed by atoms with Crippen LogP contribution in [0.1, 0.15) is 28.4 Å². The first-order valence-corrected chi connectivity index (χ1v) is 9.17. The second-order valence-electron chi connectivity index (χ2n) is 6.18. The van der Waals surface area contributed by atoms with Gasteiger partial charge in [-0.05, 0) is 31.9 Å². The van der Waals surface area contributed by atoms with Crippen LogP contribution in [0.2, 0.25) is 0 Å². The van der Waals surface area contributed by atoms with E-state index in [1.54, 1.807) is 0 Å². The Morgan fingerprint density at radius 2 is 1.64 bits per heavy atom. The average Bonchev–Trinajstić information content (AvgIpc) is 3.03. The molecule has 0 aliphatic rings. The highest BCUT2D eigenvalue weighted by Gasteiger charge is 2.20. The maximum Gasteiger partial charge on any atom is 0.280 e. The van der Waals surface area contributed by atoms with E-state index >= 15 is 0 Å². The summed E-state index contributed by atoms with van der Waals surface area (Å²) in [4.78, 5) is 37.7. The molecule has 2 aromatic carbocycles. The first-order chi connectivity index (χ1) is 13.2. The standard InChI is InChI=1S/C18H16N4O5S/c1-4-20-15-10(2)5-6-11(3)16(15)28-18(20)19-17(23)12-7-13(21(24)25)9-14(8-12)22(26)27/h5-9H,4H2,1-3H3. The van der Waals surface area contributed by atoms with Crippen molar-refractivity contribution < 1.29 is 14.6 Å². The molecule has 1 amide bonds. The number of nitrogens with zero attached hydrogens (tertiary/aromatic N) is 4. The highest BCUT2D eigenvalue weighted by molar-refractivity contribution is 7.16. The van der Waals surface area contributed by atoms with Crippen LogP contribution in [-0.2, 0) is 6.54 Å². The molecule has 0 spiro atoms. The van der Waals surface area contributed by atoms with Gasteiger partial charge in [-0.15, -0.1) is 0 Å². The minimum atomic E-state index is -0.776. The molecule has 3 rings (SSSR count). The third kappa shape index (κ3) is 3.41. The first kappa shape index (κ1) is 19.4. The lowest BCUT2D eigenvalue weighted by atomic mass is 10.1. The smallest absolute Gasteiger partial charge is 0.280 e. The fourth-order valence-electron chi connectivity index (χ4n) is 2.93. The Morgan fingerprint density at radius 3 is 2.18 bits per heavy atom. The highest BCUT2D eigenvalue weighted by atomic mass is 32.1. The van der Waals surface area contributed by atoms with Crippen LogP contribution in [0.4, 0.5) is 11.4 Å². The number of fused-ring (bicyclic) bond motifs is 1. The zero-order valence-corrected chi connectivity index (χ0v) is 16.1. The summed E-state index contributed by atoms with van der Waals surface area (Å²) in [5, 5.41) is 22.1. The molecule has 9 nitrogen and oxygen atoms in total. The minimum absolute atomic E-state index is 0.200. The molecule has 0 saturated carbocycles. The number of non-ortho nitro benzene ring substituents is 2. The molecule has 0 unspecified atom stereocenters. The number of thiazole rings is 1. The SMILES string of the molecule is CCn1c(=NC(=O)c2cc([N+](=O)[O-])cc([N+](=O)[O-])c2)sc2c(C)ccc(C)c21. The molecule has 1 heterocycles. The van der Waals surface area contributed by atoms with Crippen LogP contribution in [-0.4, -0.2) is 20.3 Å². The molecule has 0 N–H and O–H groups in total. The van der Waals surface area contributed by atoms with Crippen LogP contribution in [0, 0.1) is 34.1 Å². The van der Waals surface area contributed by atoms with Gasteiger partial charge in [-0.3, -0.25) is 25.0 Å². The number of amides is 1. The van der Waals surface area contributed by atoms with Gasteiger partial charge in [0.05, 0.1) is 31.7 Å². The molecule has 0 radical (unpaired) electrons. The van der Waals surface area contributed by atoms with Gasteiger partial charge in [0.2, 0.25) is 0 Å². The van der Waals surface area contributed by atoms with Crippen LogP contribution in [0.5, 0.6) is 0 Å². The molecule has 0 bridgehead atoms. The van der Waals surface area contributed by atoms with Crippen LogP contribution in [0.25, 0.3) is 10.2 Å². The number of nitro benzene ring substituents is 2. The number of aromatic nitrogens is 1. The van der Waals surface area contributed by atoms with E-state index < -0.39 is 27.1 Å². The predicted molar refractivity (Wildman–Crippen MR) is 105 cm³/mol. The van der Waals surface area contributed by atoms with Gasteiger partial charge in [0.15, 0.2) is 4.80 Å². The molecule has 10 heteroatoms. The number of aryl methyl sites for hydroxylation is 3. The molecule has 144 valence electrons. The minimum Gasteiger partial charge on any atom is -0.316 e. The Labute approximate surface area is 162 Å². The van der Waals surface area contributed by atoms with Crippen LogP contribution in [0.3, 0.4) is 0 Å². The molecule has 1 aromatic heterocycles. The maximum atomic E-state index is 12.7. The van der Waals surface area contributed by atoms with Crippen molar-refractivity contribution in [2.24, 2.45) is 4.99 Å². The van der Waals surface area contributed by atoms with Gasteiger partial charge in [0, 0.05) is 18.7 Å². The van der Waals surface area contributed by atoms with Crippen molar-refractivity contribution in [2.75, 3.05) is 0 Å². The van der Waals surface area contributed by atoms with Crippen molar-refractivity contribution in [3.05, 3.63) is 72.1 Å². The lowest BCUT2D eigenvalue weighted by Crippen LogP contribution is -2.16. The Morgan fingerprint density at radius 1 is 1.07 bits per heavy atom. The zero-order valence-electron chi connectivity index (χ0n) is 15.3. The summed E-state index contributed by atoms with van der Waals surface area (Å²) in [7, 11) is 0. The van der Waals surface area contributed by atoms with Crippen molar-refractivity contribution in [3.63, 3.8) is 0 Å². The van der Waals surface area contributed by atoms with E-state index in [1.807, 2.05) is 37.5 Å². The Bertz CT molecular complexity index is 1180. The third-order valence-corrected chi connectivity index (χ3v) is 5.52.